The van der Waals surface area contributed by atoms with Crippen LogP contribution in [-0.2, 0) is 4.74 Å². The molecular weight excluding hydrogens is 348 g/mol. The molecule has 4 heteroatoms. The Balaban J connectivity index is 1.42. The molecule has 2 aromatic rings. The van der Waals surface area contributed by atoms with Gasteiger partial charge in [0.1, 0.15) is 6.61 Å². The number of amides is 1. The summed E-state index contributed by atoms with van der Waals surface area (Å²) in [7, 11) is 0. The molecule has 0 radical (unpaired) electrons. The van der Waals surface area contributed by atoms with Gasteiger partial charge in [0.2, 0.25) is 0 Å². The molecule has 1 amide bonds. The van der Waals surface area contributed by atoms with E-state index in [2.05, 4.69) is 59.4 Å². The highest BCUT2D eigenvalue weighted by Crippen LogP contribution is 2.44. The van der Waals surface area contributed by atoms with E-state index in [0.29, 0.717) is 19.7 Å². The van der Waals surface area contributed by atoms with Crippen LogP contribution in [0.4, 0.5) is 4.79 Å². The van der Waals surface area contributed by atoms with E-state index in [1.807, 2.05) is 11.8 Å². The lowest BCUT2D eigenvalue weighted by atomic mass is 9.98. The van der Waals surface area contributed by atoms with Crippen molar-refractivity contribution in [2.24, 2.45) is 0 Å². The number of ether oxygens (including phenoxy) is 1. The summed E-state index contributed by atoms with van der Waals surface area (Å²) in [5.41, 5.74) is 4.96. The van der Waals surface area contributed by atoms with Crippen LogP contribution < -0.4 is 0 Å². The maximum atomic E-state index is 12.7. The molecule has 2 aromatic carbocycles. The first kappa shape index (κ1) is 18.6. The number of benzene rings is 2. The lowest BCUT2D eigenvalue weighted by Crippen LogP contribution is -2.38. The molecule has 1 fully saturated rings. The molecule has 2 aliphatic rings. The van der Waals surface area contributed by atoms with Crippen LogP contribution in [0.3, 0.4) is 0 Å². The van der Waals surface area contributed by atoms with E-state index in [4.69, 9.17) is 11.2 Å². The first-order valence-corrected chi connectivity index (χ1v) is 9.99. The van der Waals surface area contributed by atoms with E-state index in [-0.39, 0.29) is 18.1 Å². The molecule has 0 aromatic heterocycles. The van der Waals surface area contributed by atoms with Crippen molar-refractivity contribution in [1.29, 1.82) is 0 Å². The monoisotopic (exact) mass is 374 g/mol. The molecule has 4 nitrogen and oxygen atoms in total. The van der Waals surface area contributed by atoms with Gasteiger partial charge in [0, 0.05) is 32.1 Å². The number of fused-ring (bicyclic) bond motifs is 3. The second kappa shape index (κ2) is 8.08. The van der Waals surface area contributed by atoms with Gasteiger partial charge in [-0.1, -0.05) is 54.5 Å². The summed E-state index contributed by atoms with van der Waals surface area (Å²) in [4.78, 5) is 16.8. The van der Waals surface area contributed by atoms with Gasteiger partial charge < -0.3 is 9.64 Å². The molecular formula is C24H26N2O2. The van der Waals surface area contributed by atoms with Gasteiger partial charge in [-0.15, -0.1) is 6.42 Å². The van der Waals surface area contributed by atoms with Crippen LogP contribution in [-0.4, -0.2) is 54.7 Å². The molecule has 1 unspecified atom stereocenters. The maximum Gasteiger partial charge on any atom is 0.409 e. The Hall–Kier alpha value is -2.77. The Bertz CT molecular complexity index is 856. The van der Waals surface area contributed by atoms with Gasteiger partial charge in [0.05, 0.1) is 6.04 Å². The summed E-state index contributed by atoms with van der Waals surface area (Å²) in [6.45, 7) is 5.47. The Kier molecular flexibility index (Phi) is 5.36. The minimum atomic E-state index is -0.225. The third kappa shape index (κ3) is 3.50. The molecule has 0 spiro atoms. The molecule has 1 aliphatic heterocycles. The summed E-state index contributed by atoms with van der Waals surface area (Å²) in [5.74, 6) is 2.88. The van der Waals surface area contributed by atoms with Crippen LogP contribution in [0, 0.1) is 12.3 Å². The smallest absolute Gasteiger partial charge is 0.409 e. The highest BCUT2D eigenvalue weighted by Gasteiger charge is 2.30. The fraction of sp³-hybridized carbons (Fsp3) is 0.375. The summed E-state index contributed by atoms with van der Waals surface area (Å²) < 4.78 is 5.78. The zero-order valence-electron chi connectivity index (χ0n) is 16.3. The molecule has 1 aliphatic carbocycles. The third-order valence-corrected chi connectivity index (χ3v) is 5.91. The van der Waals surface area contributed by atoms with Gasteiger partial charge in [0.15, 0.2) is 0 Å². The van der Waals surface area contributed by atoms with Gasteiger partial charge >= 0.3 is 6.09 Å². The molecule has 144 valence electrons. The normalized spacial score (nSPS) is 17.9. The highest BCUT2D eigenvalue weighted by molar-refractivity contribution is 5.79. The topological polar surface area (TPSA) is 32.8 Å². The van der Waals surface area contributed by atoms with Crippen molar-refractivity contribution in [1.82, 2.24) is 9.80 Å². The number of rotatable bonds is 3. The van der Waals surface area contributed by atoms with Crippen LogP contribution in [0.5, 0.6) is 0 Å². The fourth-order valence-corrected chi connectivity index (χ4v) is 4.30. The summed E-state index contributed by atoms with van der Waals surface area (Å²) >= 11 is 0. The molecule has 4 rings (SSSR count). The summed E-state index contributed by atoms with van der Waals surface area (Å²) in [6, 6.07) is 16.9. The fourth-order valence-electron chi connectivity index (χ4n) is 4.30. The maximum absolute atomic E-state index is 12.7. The van der Waals surface area contributed by atoms with E-state index in [0.717, 1.165) is 19.5 Å². The molecule has 1 atom stereocenters. The SMILES string of the molecule is C#CC(C)N1CCCN(C(=O)OCC2c3ccccc3-c3ccccc32)CC1. The number of hydrogen-bond donors (Lipinski definition) is 0. The predicted molar refractivity (Wildman–Crippen MR) is 111 cm³/mol. The van der Waals surface area contributed by atoms with Gasteiger partial charge in [0.25, 0.3) is 0 Å². The standard InChI is InChI=1S/C24H26N2O2/c1-3-18(2)25-13-8-14-26(16-15-25)24(27)28-17-23-21-11-6-4-9-19(21)20-10-5-7-12-22(20)23/h1,4-7,9-12,18,23H,8,13-17H2,2H3. The van der Waals surface area contributed by atoms with E-state index in [1.54, 1.807) is 0 Å². The number of carbonyl (C=O) groups is 1. The predicted octanol–water partition coefficient (Wildman–Crippen LogP) is 3.96. The first-order valence-electron chi connectivity index (χ1n) is 9.99. The van der Waals surface area contributed by atoms with Crippen LogP contribution in [0.2, 0.25) is 0 Å². The average Bonchev–Trinajstić information content (AvgIpc) is 2.88. The Morgan fingerprint density at radius 3 is 2.36 bits per heavy atom. The summed E-state index contributed by atoms with van der Waals surface area (Å²) in [6.07, 6.45) is 6.23. The second-order valence-electron chi connectivity index (χ2n) is 7.52. The molecule has 28 heavy (non-hydrogen) atoms. The quantitative estimate of drug-likeness (QED) is 0.763. The Morgan fingerprint density at radius 1 is 1.07 bits per heavy atom. The zero-order chi connectivity index (χ0) is 19.5. The van der Waals surface area contributed by atoms with E-state index < -0.39 is 0 Å². The lowest BCUT2D eigenvalue weighted by molar-refractivity contribution is 0.101. The highest BCUT2D eigenvalue weighted by atomic mass is 16.6. The lowest BCUT2D eigenvalue weighted by Gasteiger charge is -2.24. The van der Waals surface area contributed by atoms with Crippen LogP contribution in [0.25, 0.3) is 11.1 Å². The summed E-state index contributed by atoms with van der Waals surface area (Å²) in [5, 5.41) is 0. The number of carbonyl (C=O) groups excluding carboxylic acids is 1. The van der Waals surface area contributed by atoms with Crippen molar-refractivity contribution >= 4 is 6.09 Å². The molecule has 1 saturated heterocycles. The number of hydrogen-bond acceptors (Lipinski definition) is 3. The molecule has 0 N–H and O–H groups in total. The molecule has 0 bridgehead atoms. The second-order valence-corrected chi connectivity index (χ2v) is 7.52. The molecule has 0 saturated carbocycles. The van der Waals surface area contributed by atoms with Crippen molar-refractivity contribution in [2.45, 2.75) is 25.3 Å². The van der Waals surface area contributed by atoms with Crippen molar-refractivity contribution in [3.05, 3.63) is 59.7 Å². The Morgan fingerprint density at radius 2 is 1.71 bits per heavy atom. The largest absolute Gasteiger partial charge is 0.448 e. The molecule has 1 heterocycles. The minimum absolute atomic E-state index is 0.0984. The average molecular weight is 374 g/mol. The van der Waals surface area contributed by atoms with Gasteiger partial charge in [-0.3, -0.25) is 4.90 Å². The van der Waals surface area contributed by atoms with E-state index >= 15 is 0 Å². The Labute approximate surface area is 167 Å². The third-order valence-electron chi connectivity index (χ3n) is 5.91. The van der Waals surface area contributed by atoms with Gasteiger partial charge in [-0.2, -0.15) is 0 Å². The van der Waals surface area contributed by atoms with Crippen LogP contribution in [0.1, 0.15) is 30.4 Å². The minimum Gasteiger partial charge on any atom is -0.448 e. The van der Waals surface area contributed by atoms with Gasteiger partial charge in [-0.25, -0.2) is 4.79 Å². The first-order chi connectivity index (χ1) is 13.7. The van der Waals surface area contributed by atoms with Gasteiger partial charge in [-0.05, 0) is 35.6 Å². The van der Waals surface area contributed by atoms with E-state index in [1.165, 1.54) is 22.3 Å². The van der Waals surface area contributed by atoms with Crippen LogP contribution >= 0.6 is 0 Å². The van der Waals surface area contributed by atoms with Crippen LogP contribution in [0.15, 0.2) is 48.5 Å². The number of nitrogens with zero attached hydrogens (tertiary/aromatic N) is 2. The van der Waals surface area contributed by atoms with Crippen molar-refractivity contribution in [2.75, 3.05) is 32.8 Å². The van der Waals surface area contributed by atoms with Crippen molar-refractivity contribution in [3.8, 4) is 23.5 Å². The van der Waals surface area contributed by atoms with Crippen molar-refractivity contribution < 1.29 is 9.53 Å². The van der Waals surface area contributed by atoms with E-state index in [9.17, 15) is 4.79 Å². The van der Waals surface area contributed by atoms with Crippen molar-refractivity contribution in [3.63, 3.8) is 0 Å². The zero-order valence-corrected chi connectivity index (χ0v) is 16.3. The number of terminal acetylenes is 1.